The molecule has 2 aliphatic heterocycles. The van der Waals surface area contributed by atoms with Gasteiger partial charge in [-0.2, -0.15) is 0 Å². The molecule has 2 saturated heterocycles. The summed E-state index contributed by atoms with van der Waals surface area (Å²) in [5, 5.41) is 0. The summed E-state index contributed by atoms with van der Waals surface area (Å²) in [4.78, 5) is 18.4. The van der Waals surface area contributed by atoms with E-state index < -0.39 is 0 Å². The minimum atomic E-state index is 0.467. The van der Waals surface area contributed by atoms with Gasteiger partial charge in [0.1, 0.15) is 23.8 Å². The minimum absolute atomic E-state index is 0.467. The summed E-state index contributed by atoms with van der Waals surface area (Å²) in [6.45, 7) is 6.50. The number of nitrogens with zero attached hydrogens (tertiary/aromatic N) is 6. The predicted octanol–water partition coefficient (Wildman–Crippen LogP) is 3.01. The number of nitrogens with two attached hydrogens (primary N) is 1. The second-order valence-corrected chi connectivity index (χ2v) is 8.30. The molecular formula is C23H29N7. The van der Waals surface area contributed by atoms with Crippen molar-refractivity contribution in [3.05, 3.63) is 54.7 Å². The number of aromatic nitrogens is 4. The normalized spacial score (nSPS) is 17.8. The molecule has 0 atom stereocenters. The van der Waals surface area contributed by atoms with Gasteiger partial charge in [0, 0.05) is 49.9 Å². The summed E-state index contributed by atoms with van der Waals surface area (Å²) >= 11 is 0. The highest BCUT2D eigenvalue weighted by atomic mass is 15.2. The SMILES string of the molecule is Nc1cc(N2CCC(c3nc(-c4ccccc4)cn3CCN3CCC3)CC2)ncn1. The molecule has 0 aliphatic carbocycles. The second kappa shape index (κ2) is 8.44. The van der Waals surface area contributed by atoms with Crippen LogP contribution in [-0.2, 0) is 6.54 Å². The van der Waals surface area contributed by atoms with Crippen LogP contribution in [0.2, 0.25) is 0 Å². The van der Waals surface area contributed by atoms with Crippen molar-refractivity contribution in [1.82, 2.24) is 24.4 Å². The highest BCUT2D eigenvalue weighted by Crippen LogP contribution is 2.31. The maximum atomic E-state index is 5.84. The smallest absolute Gasteiger partial charge is 0.134 e. The predicted molar refractivity (Wildman–Crippen MR) is 119 cm³/mol. The minimum Gasteiger partial charge on any atom is -0.384 e. The Hall–Kier alpha value is -2.93. The van der Waals surface area contributed by atoms with Gasteiger partial charge in [-0.3, -0.25) is 0 Å². The first-order valence-electron chi connectivity index (χ1n) is 10.9. The lowest BCUT2D eigenvalue weighted by atomic mass is 9.96. The number of rotatable bonds is 6. The lowest BCUT2D eigenvalue weighted by Crippen LogP contribution is -2.39. The monoisotopic (exact) mass is 403 g/mol. The van der Waals surface area contributed by atoms with E-state index in [0.717, 1.165) is 50.5 Å². The highest BCUT2D eigenvalue weighted by Gasteiger charge is 2.26. The van der Waals surface area contributed by atoms with Gasteiger partial charge in [-0.1, -0.05) is 30.3 Å². The average molecular weight is 404 g/mol. The molecule has 7 nitrogen and oxygen atoms in total. The quantitative estimate of drug-likeness (QED) is 0.682. The van der Waals surface area contributed by atoms with Gasteiger partial charge in [0.05, 0.1) is 5.69 Å². The molecule has 3 aromatic rings. The molecule has 0 unspecified atom stereocenters. The molecule has 2 fully saturated rings. The zero-order chi connectivity index (χ0) is 20.3. The summed E-state index contributed by atoms with van der Waals surface area (Å²) in [5.74, 6) is 3.15. The number of nitrogen functional groups attached to an aromatic ring is 1. The fourth-order valence-electron chi connectivity index (χ4n) is 4.44. The number of hydrogen-bond donors (Lipinski definition) is 1. The molecule has 0 radical (unpaired) electrons. The Morgan fingerprint density at radius 3 is 2.47 bits per heavy atom. The fraction of sp³-hybridized carbons (Fsp3) is 0.435. The van der Waals surface area contributed by atoms with Crippen LogP contribution in [0.5, 0.6) is 0 Å². The molecule has 4 heterocycles. The van der Waals surface area contributed by atoms with Crippen LogP contribution in [0.1, 0.15) is 31.0 Å². The lowest BCUT2D eigenvalue weighted by Gasteiger charge is -2.33. The first-order chi connectivity index (χ1) is 14.8. The van der Waals surface area contributed by atoms with Crippen molar-refractivity contribution in [2.24, 2.45) is 0 Å². The highest BCUT2D eigenvalue weighted by molar-refractivity contribution is 5.58. The van der Waals surface area contributed by atoms with Crippen molar-refractivity contribution in [3.8, 4) is 11.3 Å². The molecule has 0 spiro atoms. The van der Waals surface area contributed by atoms with Gasteiger partial charge in [-0.25, -0.2) is 15.0 Å². The van der Waals surface area contributed by atoms with Crippen LogP contribution in [0.4, 0.5) is 11.6 Å². The van der Waals surface area contributed by atoms with Crippen molar-refractivity contribution in [2.45, 2.75) is 31.7 Å². The molecule has 7 heteroatoms. The van der Waals surface area contributed by atoms with Crippen molar-refractivity contribution in [3.63, 3.8) is 0 Å². The summed E-state index contributed by atoms with van der Waals surface area (Å²) in [7, 11) is 0. The zero-order valence-electron chi connectivity index (χ0n) is 17.3. The third-order valence-electron chi connectivity index (χ3n) is 6.34. The Labute approximate surface area is 177 Å². The largest absolute Gasteiger partial charge is 0.384 e. The van der Waals surface area contributed by atoms with E-state index in [1.807, 2.05) is 6.07 Å². The molecule has 30 heavy (non-hydrogen) atoms. The maximum absolute atomic E-state index is 5.84. The summed E-state index contributed by atoms with van der Waals surface area (Å²) in [5.41, 5.74) is 8.11. The van der Waals surface area contributed by atoms with Gasteiger partial charge in [-0.05, 0) is 32.4 Å². The first kappa shape index (κ1) is 19.1. The van der Waals surface area contributed by atoms with Gasteiger partial charge in [0.15, 0.2) is 0 Å². The second-order valence-electron chi connectivity index (χ2n) is 8.30. The number of hydrogen-bond acceptors (Lipinski definition) is 6. The standard InChI is InChI=1S/C23H29N7/c24-21-15-22(26-17-25-21)29-11-7-19(8-12-29)23-27-20(18-5-2-1-3-6-18)16-30(23)14-13-28-9-4-10-28/h1-3,5-6,15-17,19H,4,7-14H2,(H2,24,25,26). The maximum Gasteiger partial charge on any atom is 0.134 e. The van der Waals surface area contributed by atoms with E-state index in [4.69, 9.17) is 10.7 Å². The van der Waals surface area contributed by atoms with Gasteiger partial charge in [0.25, 0.3) is 0 Å². The molecule has 2 aliphatic rings. The summed E-state index contributed by atoms with van der Waals surface area (Å²) < 4.78 is 2.41. The van der Waals surface area contributed by atoms with E-state index in [1.165, 1.54) is 30.9 Å². The summed E-state index contributed by atoms with van der Waals surface area (Å²) in [6, 6.07) is 12.4. The molecule has 2 N–H and O–H groups in total. The van der Waals surface area contributed by atoms with Crippen LogP contribution < -0.4 is 10.6 Å². The molecule has 5 rings (SSSR count). The van der Waals surface area contributed by atoms with Crippen molar-refractivity contribution in [2.75, 3.05) is 43.4 Å². The average Bonchev–Trinajstić information content (AvgIpc) is 3.18. The fourth-order valence-corrected chi connectivity index (χ4v) is 4.44. The van der Waals surface area contributed by atoms with Crippen molar-refractivity contribution in [1.29, 1.82) is 0 Å². The number of benzene rings is 1. The number of likely N-dealkylation sites (tertiary alicyclic amines) is 1. The van der Waals surface area contributed by atoms with E-state index >= 15 is 0 Å². The Kier molecular flexibility index (Phi) is 5.36. The zero-order valence-corrected chi connectivity index (χ0v) is 17.3. The Morgan fingerprint density at radius 2 is 1.77 bits per heavy atom. The van der Waals surface area contributed by atoms with Crippen LogP contribution in [0.3, 0.4) is 0 Å². The molecule has 1 aromatic carbocycles. The number of imidazole rings is 1. The number of piperidine rings is 1. The molecule has 0 saturated carbocycles. The number of anilines is 2. The van der Waals surface area contributed by atoms with Crippen LogP contribution in [0, 0.1) is 0 Å². The third-order valence-corrected chi connectivity index (χ3v) is 6.34. The topological polar surface area (TPSA) is 76.1 Å². The Morgan fingerprint density at radius 1 is 0.967 bits per heavy atom. The lowest BCUT2D eigenvalue weighted by molar-refractivity contribution is 0.173. The first-order valence-corrected chi connectivity index (χ1v) is 10.9. The van der Waals surface area contributed by atoms with Crippen LogP contribution in [0.25, 0.3) is 11.3 Å². The van der Waals surface area contributed by atoms with Crippen LogP contribution in [-0.4, -0.2) is 57.1 Å². The molecule has 0 amide bonds. The molecule has 2 aromatic heterocycles. The van der Waals surface area contributed by atoms with Crippen molar-refractivity contribution < 1.29 is 0 Å². The van der Waals surface area contributed by atoms with E-state index in [0.29, 0.717) is 11.7 Å². The van der Waals surface area contributed by atoms with Crippen molar-refractivity contribution >= 4 is 11.6 Å². The third kappa shape index (κ3) is 4.03. The Bertz CT molecular complexity index is 972. The Balaban J connectivity index is 1.34. The van der Waals surface area contributed by atoms with Gasteiger partial charge >= 0.3 is 0 Å². The molecular weight excluding hydrogens is 374 g/mol. The van der Waals surface area contributed by atoms with Gasteiger partial charge in [-0.15, -0.1) is 0 Å². The van der Waals surface area contributed by atoms with Gasteiger partial charge < -0.3 is 20.1 Å². The molecule has 0 bridgehead atoms. The molecule has 156 valence electrons. The van der Waals surface area contributed by atoms with Crippen LogP contribution >= 0.6 is 0 Å². The van der Waals surface area contributed by atoms with Gasteiger partial charge in [0.2, 0.25) is 0 Å². The van der Waals surface area contributed by atoms with Crippen LogP contribution in [0.15, 0.2) is 48.9 Å². The van der Waals surface area contributed by atoms with E-state index in [9.17, 15) is 0 Å². The van der Waals surface area contributed by atoms with E-state index in [2.05, 4.69) is 60.9 Å². The van der Waals surface area contributed by atoms with E-state index in [1.54, 1.807) is 6.33 Å². The van der Waals surface area contributed by atoms with E-state index in [-0.39, 0.29) is 0 Å². The summed E-state index contributed by atoms with van der Waals surface area (Å²) in [6.07, 6.45) is 7.27.